The molecule has 3 aromatic carbocycles. The number of aromatic nitrogens is 1. The fourth-order valence-corrected chi connectivity index (χ4v) is 11.1. The van der Waals surface area contributed by atoms with E-state index in [-0.39, 0.29) is 59.7 Å². The minimum absolute atomic E-state index is 0.00798. The molecule has 4 aromatic rings. The predicted octanol–water partition coefficient (Wildman–Crippen LogP) is 5.85. The molecule has 1 unspecified atom stereocenters. The first-order chi connectivity index (χ1) is 35.9. The Bertz CT molecular complexity index is 2460. The number of carbonyl (C=O) groups is 4. The van der Waals surface area contributed by atoms with Gasteiger partial charge < -0.3 is 47.9 Å². The molecule has 3 heterocycles. The smallest absolute Gasteiger partial charge is 0.252 e. The topological polar surface area (TPSA) is 260 Å². The van der Waals surface area contributed by atoms with Gasteiger partial charge >= 0.3 is 0 Å². The van der Waals surface area contributed by atoms with Crippen LogP contribution in [0.3, 0.4) is 0 Å². The molecule has 74 heavy (non-hydrogen) atoms. The van der Waals surface area contributed by atoms with E-state index in [9.17, 15) is 19.2 Å². The highest BCUT2D eigenvalue weighted by Gasteiger charge is 2.37. The zero-order valence-corrected chi connectivity index (χ0v) is 43.4. The highest BCUT2D eigenvalue weighted by Crippen LogP contribution is 2.28. The predicted molar refractivity (Wildman–Crippen MR) is 294 cm³/mol. The van der Waals surface area contributed by atoms with Crippen LogP contribution in [0, 0.1) is 22.7 Å². The lowest BCUT2D eigenvalue weighted by atomic mass is 9.88. The number of pyridine rings is 1. The van der Waals surface area contributed by atoms with E-state index in [0.29, 0.717) is 68.5 Å². The first-order valence-electron chi connectivity index (χ1n) is 27.3. The number of fused-ring (bicyclic) bond motifs is 1. The molecule has 2 saturated carbocycles. The number of hydrogen-bond acceptors (Lipinski definition) is 9. The van der Waals surface area contributed by atoms with Crippen LogP contribution in [-0.4, -0.2) is 126 Å². The Balaban J connectivity index is 0.000000217. The van der Waals surface area contributed by atoms with Crippen LogP contribution in [0.15, 0.2) is 91.1 Å². The number of nitrogens with two attached hydrogens (primary N) is 2. The lowest BCUT2D eigenvalue weighted by Gasteiger charge is -2.33. The average molecular weight is 1010 g/mol. The maximum atomic E-state index is 13.6. The third kappa shape index (κ3) is 16.5. The largest absolute Gasteiger partial charge is 0.370 e. The molecule has 398 valence electrons. The van der Waals surface area contributed by atoms with Crippen molar-refractivity contribution in [2.24, 2.45) is 23.3 Å². The van der Waals surface area contributed by atoms with Crippen molar-refractivity contribution in [3.63, 3.8) is 0 Å². The molecule has 0 spiro atoms. The first kappa shape index (κ1) is 55.2. The first-order valence-corrected chi connectivity index (χ1v) is 27.3. The molecule has 2 aliphatic carbocycles. The van der Waals surface area contributed by atoms with E-state index in [1.54, 1.807) is 6.20 Å². The Morgan fingerprint density at radius 1 is 0.676 bits per heavy atom. The van der Waals surface area contributed by atoms with Crippen molar-refractivity contribution in [3.05, 3.63) is 102 Å². The van der Waals surface area contributed by atoms with E-state index in [2.05, 4.69) is 53.9 Å². The zero-order chi connectivity index (χ0) is 52.2. The molecule has 8 rings (SSSR count). The molecule has 4 amide bonds. The number of nitrogens with one attached hydrogen (secondary N) is 8. The van der Waals surface area contributed by atoms with Crippen molar-refractivity contribution in [2.45, 2.75) is 133 Å². The molecule has 2 aliphatic heterocycles. The molecule has 17 nitrogen and oxygen atoms in total. The van der Waals surface area contributed by atoms with Crippen molar-refractivity contribution >= 4 is 46.5 Å². The number of benzene rings is 3. The Morgan fingerprint density at radius 2 is 1.24 bits per heavy atom. The van der Waals surface area contributed by atoms with Gasteiger partial charge in [0.15, 0.2) is 11.9 Å². The van der Waals surface area contributed by atoms with E-state index in [1.807, 2.05) is 84.6 Å². The lowest BCUT2D eigenvalue weighted by molar-refractivity contribution is -0.134. The van der Waals surface area contributed by atoms with Crippen molar-refractivity contribution < 1.29 is 19.2 Å². The lowest BCUT2D eigenvalue weighted by Crippen LogP contribution is -2.60. The summed E-state index contributed by atoms with van der Waals surface area (Å²) in [5.74, 6) is 0.842. The number of hydrogen-bond donors (Lipinski definition) is 10. The molecule has 4 fully saturated rings. The number of para-hydroxylation sites is 1. The van der Waals surface area contributed by atoms with Crippen LogP contribution in [0.5, 0.6) is 0 Å². The fourth-order valence-electron chi connectivity index (χ4n) is 11.1. The van der Waals surface area contributed by atoms with Gasteiger partial charge in [0.05, 0.1) is 23.2 Å². The van der Waals surface area contributed by atoms with Crippen LogP contribution in [-0.2, 0) is 9.59 Å². The summed E-state index contributed by atoms with van der Waals surface area (Å²) in [7, 11) is 0. The fraction of sp³-hybridized carbons (Fsp3) is 0.526. The molecule has 12 N–H and O–H groups in total. The Morgan fingerprint density at radius 3 is 1.85 bits per heavy atom. The highest BCUT2D eigenvalue weighted by molar-refractivity contribution is 5.97. The molecule has 1 aromatic heterocycles. The maximum Gasteiger partial charge on any atom is 0.252 e. The summed E-state index contributed by atoms with van der Waals surface area (Å²) in [5.41, 5.74) is 15.2. The van der Waals surface area contributed by atoms with Gasteiger partial charge in [-0.05, 0) is 105 Å². The van der Waals surface area contributed by atoms with Crippen molar-refractivity contribution in [1.29, 1.82) is 10.8 Å². The summed E-state index contributed by atoms with van der Waals surface area (Å²) in [4.78, 5) is 61.4. The molecule has 0 bridgehead atoms. The van der Waals surface area contributed by atoms with Crippen LogP contribution in [0.2, 0.25) is 0 Å². The summed E-state index contributed by atoms with van der Waals surface area (Å²) < 4.78 is 0. The molecule has 2 saturated heterocycles. The number of amides is 4. The van der Waals surface area contributed by atoms with Gasteiger partial charge in [-0.3, -0.25) is 40.3 Å². The van der Waals surface area contributed by atoms with Crippen LogP contribution in [0.4, 0.5) is 0 Å². The van der Waals surface area contributed by atoms with Crippen molar-refractivity contribution in [2.75, 3.05) is 45.8 Å². The normalized spacial score (nSPS) is 21.3. The summed E-state index contributed by atoms with van der Waals surface area (Å²) in [6.07, 6.45) is 17.5. The van der Waals surface area contributed by atoms with E-state index in [0.717, 1.165) is 54.4 Å². The van der Waals surface area contributed by atoms with Gasteiger partial charge in [0.1, 0.15) is 6.04 Å². The van der Waals surface area contributed by atoms with Gasteiger partial charge in [0, 0.05) is 75.0 Å². The molecule has 4 aliphatic rings. The minimum Gasteiger partial charge on any atom is -0.370 e. The van der Waals surface area contributed by atoms with Gasteiger partial charge in [0.25, 0.3) is 11.8 Å². The van der Waals surface area contributed by atoms with Crippen molar-refractivity contribution in [3.8, 4) is 11.1 Å². The van der Waals surface area contributed by atoms with Gasteiger partial charge in [0.2, 0.25) is 11.8 Å². The molecule has 0 radical (unpaired) electrons. The molecular weight excluding hydrogens is 931 g/mol. The number of carbonyl (C=O) groups excluding carboxylic acids is 4. The highest BCUT2D eigenvalue weighted by atomic mass is 16.2. The SMILES string of the molecule is CCC(NC(=N)N)[C@@H]1N[C@H](CNC(=O)c2cnc3ccccc3c2)CCN(CC2CCCCC2)C1=O.N=C(N)NCCC[C@@H]1N[C@H](CNC(=O)c2ccc(-c3ccccc3)cc2)CCN(CC2CCCCC2)C1=O. The van der Waals surface area contributed by atoms with Gasteiger partial charge in [-0.1, -0.05) is 106 Å². The molecular formula is C57H81N13O4. The zero-order valence-electron chi connectivity index (χ0n) is 43.4. The minimum atomic E-state index is -0.519. The second kappa shape index (κ2) is 28.2. The average Bonchev–Trinajstić information content (AvgIpc) is 3.67. The third-order valence-electron chi connectivity index (χ3n) is 15.2. The van der Waals surface area contributed by atoms with Crippen LogP contribution < -0.4 is 43.4 Å². The Hall–Kier alpha value is -6.59. The number of rotatable bonds is 18. The molecule has 17 heteroatoms. The monoisotopic (exact) mass is 1010 g/mol. The standard InChI is InChI=1S/C30H42N6O2.C27H39N7O2/c31-30(32)33-18-7-12-27-29(38)36(21-22-8-3-1-4-9-22)19-17-26(35-27)20-34-28(37)25-15-13-24(14-16-25)23-10-5-2-6-11-23;1-2-22(33-27(28)29)24-26(36)34(17-18-8-4-3-5-9-18)13-12-21(32-24)16-31-25(35)20-14-19-10-6-7-11-23(19)30-15-20/h2,5-6,10-11,13-16,22,26-27,35H,1,3-4,7-9,12,17-21H2,(H,34,37)(H4,31,32,33);6-7,10-11,14-15,18,21-22,24,32H,2-5,8-9,12-13,16-17H2,1H3,(H,31,35)(H4,28,29,33)/t26-,27-;21-,22?,24-/m00/s1. The summed E-state index contributed by atoms with van der Waals surface area (Å²) in [6, 6.07) is 26.1. The van der Waals surface area contributed by atoms with Crippen molar-refractivity contribution in [1.82, 2.24) is 46.7 Å². The Kier molecular flexibility index (Phi) is 21.0. The summed E-state index contributed by atoms with van der Waals surface area (Å²) in [5, 5.41) is 34.9. The van der Waals surface area contributed by atoms with Crippen LogP contribution >= 0.6 is 0 Å². The van der Waals surface area contributed by atoms with Crippen LogP contribution in [0.25, 0.3) is 22.0 Å². The second-order valence-corrected chi connectivity index (χ2v) is 20.7. The quantitative estimate of drug-likeness (QED) is 0.0321. The second-order valence-electron chi connectivity index (χ2n) is 20.7. The van der Waals surface area contributed by atoms with Crippen LogP contribution in [0.1, 0.15) is 124 Å². The number of nitrogens with zero attached hydrogens (tertiary/aromatic N) is 3. The molecule has 5 atom stereocenters. The summed E-state index contributed by atoms with van der Waals surface area (Å²) >= 11 is 0. The Labute approximate surface area is 437 Å². The van der Waals surface area contributed by atoms with E-state index < -0.39 is 6.04 Å². The van der Waals surface area contributed by atoms with Gasteiger partial charge in [-0.2, -0.15) is 0 Å². The third-order valence-corrected chi connectivity index (χ3v) is 15.2. The van der Waals surface area contributed by atoms with Gasteiger partial charge in [-0.15, -0.1) is 0 Å². The van der Waals surface area contributed by atoms with E-state index in [1.165, 1.54) is 64.2 Å². The van der Waals surface area contributed by atoms with E-state index in [4.69, 9.17) is 22.3 Å². The number of guanidine groups is 2. The summed E-state index contributed by atoms with van der Waals surface area (Å²) in [6.45, 7) is 6.35. The van der Waals surface area contributed by atoms with Gasteiger partial charge in [-0.25, -0.2) is 0 Å². The maximum absolute atomic E-state index is 13.6. The van der Waals surface area contributed by atoms with E-state index >= 15 is 0 Å².